The summed E-state index contributed by atoms with van der Waals surface area (Å²) in [4.78, 5) is 12.4. The molecule has 1 heterocycles. The van der Waals surface area contributed by atoms with Crippen molar-refractivity contribution in [1.29, 1.82) is 0 Å². The molecule has 1 amide bonds. The number of amides is 1. The zero-order valence-electron chi connectivity index (χ0n) is 14.4. The highest BCUT2D eigenvalue weighted by Crippen LogP contribution is 2.25. The number of aromatic amines is 1. The molecule has 7 nitrogen and oxygen atoms in total. The van der Waals surface area contributed by atoms with Gasteiger partial charge in [-0.3, -0.25) is 4.79 Å². The lowest BCUT2D eigenvalue weighted by molar-refractivity contribution is -0.116. The Labute approximate surface area is 155 Å². The molecule has 0 aliphatic rings. The number of fused-ring (bicyclic) bond motifs is 1. The average Bonchev–Trinajstić information content (AvgIpc) is 3.21. The van der Waals surface area contributed by atoms with Crippen LogP contribution in [0.25, 0.3) is 22.2 Å². The van der Waals surface area contributed by atoms with E-state index in [-0.39, 0.29) is 11.7 Å². The van der Waals surface area contributed by atoms with Crippen LogP contribution >= 0.6 is 0 Å². The minimum atomic E-state index is -0.0827. The molecule has 0 fully saturated rings. The molecule has 0 bridgehead atoms. The normalized spacial score (nSPS) is 10.8. The standard InChI is InChI=1S/C20H17N5O2/c26-16-9-8-14-11-13(5-7-15(14)12-16)6-10-19(27)21-18-4-2-1-3-17(18)20-22-24-25-23-20/h1-5,7-9,11-12,26H,6,10H2,(H,21,27)(H,22,23,24,25). The van der Waals surface area contributed by atoms with Crippen molar-refractivity contribution in [1.82, 2.24) is 20.6 Å². The lowest BCUT2D eigenvalue weighted by Gasteiger charge is -2.09. The molecule has 0 atom stereocenters. The van der Waals surface area contributed by atoms with Gasteiger partial charge in [0.2, 0.25) is 5.91 Å². The van der Waals surface area contributed by atoms with Gasteiger partial charge in [0.1, 0.15) is 5.75 Å². The van der Waals surface area contributed by atoms with Crippen LogP contribution in [0.15, 0.2) is 60.7 Å². The second kappa shape index (κ2) is 7.25. The molecule has 1 aromatic heterocycles. The predicted molar refractivity (Wildman–Crippen MR) is 102 cm³/mol. The number of hydrogen-bond acceptors (Lipinski definition) is 5. The Balaban J connectivity index is 1.44. The molecule has 3 N–H and O–H groups in total. The van der Waals surface area contributed by atoms with Gasteiger partial charge >= 0.3 is 0 Å². The summed E-state index contributed by atoms with van der Waals surface area (Å²) >= 11 is 0. The summed E-state index contributed by atoms with van der Waals surface area (Å²) in [7, 11) is 0. The summed E-state index contributed by atoms with van der Waals surface area (Å²) in [5.41, 5.74) is 2.47. The molecular formula is C20H17N5O2. The van der Waals surface area contributed by atoms with E-state index in [2.05, 4.69) is 25.9 Å². The van der Waals surface area contributed by atoms with Crippen LogP contribution in [0.3, 0.4) is 0 Å². The molecule has 3 aromatic carbocycles. The van der Waals surface area contributed by atoms with Crippen molar-refractivity contribution in [2.24, 2.45) is 0 Å². The fraction of sp³-hybridized carbons (Fsp3) is 0.100. The topological polar surface area (TPSA) is 104 Å². The second-order valence-electron chi connectivity index (χ2n) is 6.21. The Morgan fingerprint density at radius 3 is 2.70 bits per heavy atom. The van der Waals surface area contributed by atoms with Crippen molar-refractivity contribution in [3.8, 4) is 17.1 Å². The molecular weight excluding hydrogens is 342 g/mol. The molecule has 4 aromatic rings. The van der Waals surface area contributed by atoms with Crippen LogP contribution in [0.4, 0.5) is 5.69 Å². The van der Waals surface area contributed by atoms with Crippen LogP contribution in [-0.2, 0) is 11.2 Å². The fourth-order valence-electron chi connectivity index (χ4n) is 2.98. The maximum atomic E-state index is 12.4. The number of aryl methyl sites for hydroxylation is 1. The van der Waals surface area contributed by atoms with Gasteiger partial charge in [0.05, 0.1) is 5.69 Å². The molecule has 7 heteroatoms. The van der Waals surface area contributed by atoms with Crippen molar-refractivity contribution in [2.45, 2.75) is 12.8 Å². The largest absolute Gasteiger partial charge is 0.508 e. The number of benzene rings is 3. The monoisotopic (exact) mass is 359 g/mol. The van der Waals surface area contributed by atoms with E-state index in [1.165, 1.54) is 0 Å². The number of hydrogen-bond donors (Lipinski definition) is 3. The molecule has 0 aliphatic heterocycles. The number of tetrazole rings is 1. The van der Waals surface area contributed by atoms with E-state index in [0.717, 1.165) is 21.9 Å². The van der Waals surface area contributed by atoms with Gasteiger partial charge in [0.25, 0.3) is 0 Å². The van der Waals surface area contributed by atoms with E-state index in [0.29, 0.717) is 24.4 Å². The first-order valence-corrected chi connectivity index (χ1v) is 8.54. The molecule has 0 aliphatic carbocycles. The van der Waals surface area contributed by atoms with E-state index in [9.17, 15) is 9.90 Å². The molecule has 0 unspecified atom stereocenters. The second-order valence-corrected chi connectivity index (χ2v) is 6.21. The number of H-pyrrole nitrogens is 1. The zero-order valence-corrected chi connectivity index (χ0v) is 14.4. The van der Waals surface area contributed by atoms with Gasteiger partial charge in [0.15, 0.2) is 5.82 Å². The quantitative estimate of drug-likeness (QED) is 0.507. The summed E-state index contributed by atoms with van der Waals surface area (Å²) in [5.74, 6) is 0.666. The number of nitrogens with zero attached hydrogens (tertiary/aromatic N) is 3. The third-order valence-corrected chi connectivity index (χ3v) is 4.33. The fourth-order valence-corrected chi connectivity index (χ4v) is 2.98. The zero-order chi connectivity index (χ0) is 18.6. The van der Waals surface area contributed by atoms with Crippen LogP contribution in [0, 0.1) is 0 Å². The van der Waals surface area contributed by atoms with Gasteiger partial charge < -0.3 is 10.4 Å². The number of phenols is 1. The minimum absolute atomic E-state index is 0.0827. The van der Waals surface area contributed by atoms with Gasteiger partial charge in [-0.05, 0) is 57.4 Å². The number of carbonyl (C=O) groups excluding carboxylic acids is 1. The number of anilines is 1. The Morgan fingerprint density at radius 1 is 1.04 bits per heavy atom. The highest BCUT2D eigenvalue weighted by Gasteiger charge is 2.11. The molecule has 0 saturated heterocycles. The van der Waals surface area contributed by atoms with Gasteiger partial charge in [-0.25, -0.2) is 5.10 Å². The van der Waals surface area contributed by atoms with Crippen LogP contribution in [0.1, 0.15) is 12.0 Å². The van der Waals surface area contributed by atoms with Crippen molar-refractivity contribution < 1.29 is 9.90 Å². The highest BCUT2D eigenvalue weighted by molar-refractivity contribution is 5.94. The van der Waals surface area contributed by atoms with E-state index < -0.39 is 0 Å². The Hall–Kier alpha value is -3.74. The van der Waals surface area contributed by atoms with Crippen molar-refractivity contribution in [2.75, 3.05) is 5.32 Å². The number of phenolic OH excluding ortho intramolecular Hbond substituents is 1. The van der Waals surface area contributed by atoms with E-state index in [4.69, 9.17) is 0 Å². The maximum Gasteiger partial charge on any atom is 0.224 e. The van der Waals surface area contributed by atoms with Crippen molar-refractivity contribution >= 4 is 22.4 Å². The van der Waals surface area contributed by atoms with Gasteiger partial charge in [0, 0.05) is 12.0 Å². The lowest BCUT2D eigenvalue weighted by Crippen LogP contribution is -2.13. The lowest BCUT2D eigenvalue weighted by atomic mass is 10.0. The third kappa shape index (κ3) is 3.77. The number of carbonyl (C=O) groups is 1. The summed E-state index contributed by atoms with van der Waals surface area (Å²) in [6.07, 6.45) is 0.973. The SMILES string of the molecule is O=C(CCc1ccc2cc(O)ccc2c1)Nc1ccccc1-c1nnn[nH]1. The Morgan fingerprint density at radius 2 is 1.85 bits per heavy atom. The van der Waals surface area contributed by atoms with E-state index in [1.807, 2.05) is 48.5 Å². The summed E-state index contributed by atoms with van der Waals surface area (Å²) < 4.78 is 0. The van der Waals surface area contributed by atoms with Crippen LogP contribution in [-0.4, -0.2) is 31.6 Å². The molecule has 4 rings (SSSR count). The number of aromatic hydroxyl groups is 1. The summed E-state index contributed by atoms with van der Waals surface area (Å²) in [6, 6.07) is 18.6. The Kier molecular flexibility index (Phi) is 4.49. The van der Waals surface area contributed by atoms with E-state index >= 15 is 0 Å². The number of para-hydroxylation sites is 1. The first-order chi connectivity index (χ1) is 13.2. The minimum Gasteiger partial charge on any atom is -0.508 e. The third-order valence-electron chi connectivity index (χ3n) is 4.33. The van der Waals surface area contributed by atoms with Crippen LogP contribution in [0.5, 0.6) is 5.75 Å². The van der Waals surface area contributed by atoms with Gasteiger partial charge in [-0.1, -0.05) is 36.4 Å². The number of nitrogens with one attached hydrogen (secondary N) is 2. The maximum absolute atomic E-state index is 12.4. The van der Waals surface area contributed by atoms with Crippen LogP contribution < -0.4 is 5.32 Å². The summed E-state index contributed by atoms with van der Waals surface area (Å²) in [6.45, 7) is 0. The smallest absolute Gasteiger partial charge is 0.224 e. The molecule has 0 spiro atoms. The first-order valence-electron chi connectivity index (χ1n) is 8.54. The average molecular weight is 359 g/mol. The molecule has 27 heavy (non-hydrogen) atoms. The molecule has 134 valence electrons. The summed E-state index contributed by atoms with van der Waals surface area (Å²) in [5, 5.41) is 28.2. The van der Waals surface area contributed by atoms with Gasteiger partial charge in [-0.15, -0.1) is 5.10 Å². The highest BCUT2D eigenvalue weighted by atomic mass is 16.3. The van der Waals surface area contributed by atoms with Crippen LogP contribution in [0.2, 0.25) is 0 Å². The molecule has 0 radical (unpaired) electrons. The van der Waals surface area contributed by atoms with Crippen molar-refractivity contribution in [3.63, 3.8) is 0 Å². The molecule has 0 saturated carbocycles. The van der Waals surface area contributed by atoms with Crippen molar-refractivity contribution in [3.05, 3.63) is 66.2 Å². The Bertz CT molecular complexity index is 1090. The van der Waals surface area contributed by atoms with Gasteiger partial charge in [-0.2, -0.15) is 0 Å². The number of rotatable bonds is 5. The number of aromatic nitrogens is 4. The predicted octanol–water partition coefficient (Wildman–Crippen LogP) is 3.30. The first kappa shape index (κ1) is 16.7. The van der Waals surface area contributed by atoms with E-state index in [1.54, 1.807) is 12.1 Å².